The number of carbonyl (C=O) groups is 2. The number of hydrogen-bond acceptors (Lipinski definition) is 4. The minimum absolute atomic E-state index is 0.0385. The van der Waals surface area contributed by atoms with Crippen molar-refractivity contribution in [3.05, 3.63) is 0 Å². The molecule has 0 aliphatic carbocycles. The van der Waals surface area contributed by atoms with E-state index in [1.807, 2.05) is 0 Å². The molecule has 1 unspecified atom stereocenters. The Kier molecular flexibility index (Phi) is 23.6. The Morgan fingerprint density at radius 3 is 1.59 bits per heavy atom. The molecule has 0 rings (SSSR count). The predicted octanol–water partition coefficient (Wildman–Crippen LogP) is 4.84. The Balaban J connectivity index is 3.42. The van der Waals surface area contributed by atoms with Gasteiger partial charge in [-0.05, 0) is 19.9 Å². The van der Waals surface area contributed by atoms with Crippen LogP contribution < -0.4 is 16.0 Å². The molecule has 0 spiro atoms. The summed E-state index contributed by atoms with van der Waals surface area (Å²) in [6.07, 6.45) is 22.2. The largest absolute Gasteiger partial charge is 0.395 e. The van der Waals surface area contributed by atoms with Crippen molar-refractivity contribution in [2.75, 3.05) is 26.7 Å². The van der Waals surface area contributed by atoms with E-state index in [2.05, 4.69) is 22.9 Å². The van der Waals surface area contributed by atoms with Crippen molar-refractivity contribution in [2.45, 2.75) is 129 Å². The molecule has 0 aliphatic rings. The summed E-state index contributed by atoms with van der Waals surface area (Å²) in [7, 11) is 1.74. The minimum Gasteiger partial charge on any atom is -0.395 e. The second-order valence-electron chi connectivity index (χ2n) is 9.05. The van der Waals surface area contributed by atoms with E-state index >= 15 is 0 Å². The first-order valence-corrected chi connectivity index (χ1v) is 13.5. The molecule has 0 saturated carbocycles. The van der Waals surface area contributed by atoms with Gasteiger partial charge >= 0.3 is 0 Å². The summed E-state index contributed by atoms with van der Waals surface area (Å²) in [4.78, 5) is 23.8. The number of likely N-dealkylation sites (N-methyl/N-ethyl adjacent to an activating group) is 1. The normalized spacial score (nSPS) is 12.0. The van der Waals surface area contributed by atoms with E-state index in [1.54, 1.807) is 7.05 Å². The average molecular weight is 456 g/mol. The van der Waals surface area contributed by atoms with Gasteiger partial charge in [-0.3, -0.25) is 9.59 Å². The van der Waals surface area contributed by atoms with E-state index in [9.17, 15) is 9.59 Å². The van der Waals surface area contributed by atoms with E-state index < -0.39 is 0 Å². The van der Waals surface area contributed by atoms with Gasteiger partial charge in [0.2, 0.25) is 11.8 Å². The topological polar surface area (TPSA) is 90.5 Å². The van der Waals surface area contributed by atoms with Crippen molar-refractivity contribution in [1.82, 2.24) is 16.0 Å². The van der Waals surface area contributed by atoms with Crippen LogP contribution in [0.4, 0.5) is 0 Å². The van der Waals surface area contributed by atoms with Crippen LogP contribution in [0.15, 0.2) is 0 Å². The zero-order valence-electron chi connectivity index (χ0n) is 21.2. The van der Waals surface area contributed by atoms with Crippen molar-refractivity contribution >= 4 is 11.8 Å². The van der Waals surface area contributed by atoms with Gasteiger partial charge in [-0.1, -0.05) is 103 Å². The summed E-state index contributed by atoms with van der Waals surface area (Å²) in [6, 6.07) is -0.351. The van der Waals surface area contributed by atoms with Crippen LogP contribution in [0.5, 0.6) is 0 Å². The number of aliphatic hydroxyl groups excluding tert-OH is 1. The molecule has 190 valence electrons. The highest BCUT2D eigenvalue weighted by molar-refractivity contribution is 5.83. The summed E-state index contributed by atoms with van der Waals surface area (Å²) in [6.45, 7) is 3.16. The van der Waals surface area contributed by atoms with Gasteiger partial charge in [0.05, 0.1) is 12.6 Å². The molecule has 0 bridgehead atoms. The number of aliphatic hydroxyl groups is 1. The van der Waals surface area contributed by atoms with Gasteiger partial charge in [-0.15, -0.1) is 0 Å². The van der Waals surface area contributed by atoms with Crippen molar-refractivity contribution < 1.29 is 14.7 Å². The number of amides is 2. The molecule has 0 radical (unpaired) electrons. The first-order valence-electron chi connectivity index (χ1n) is 13.5. The van der Waals surface area contributed by atoms with Crippen LogP contribution in [0.25, 0.3) is 0 Å². The van der Waals surface area contributed by atoms with Crippen LogP contribution in [0.2, 0.25) is 0 Å². The van der Waals surface area contributed by atoms with Gasteiger partial charge in [-0.2, -0.15) is 0 Å². The number of rotatable bonds is 24. The maximum Gasteiger partial charge on any atom is 0.237 e. The van der Waals surface area contributed by atoms with E-state index in [4.69, 9.17) is 5.11 Å². The monoisotopic (exact) mass is 455 g/mol. The van der Waals surface area contributed by atoms with Crippen LogP contribution in [0.1, 0.15) is 122 Å². The third-order valence-corrected chi connectivity index (χ3v) is 6.09. The SMILES string of the molecule is CCCCCCCCCCCCCCCCCCNC(=O)C(CCC(=O)NCCO)NC. The smallest absolute Gasteiger partial charge is 0.237 e. The van der Waals surface area contributed by atoms with Crippen molar-refractivity contribution in [3.8, 4) is 0 Å². The summed E-state index contributed by atoms with van der Waals surface area (Å²) >= 11 is 0. The Hall–Kier alpha value is -1.14. The predicted molar refractivity (Wildman–Crippen MR) is 135 cm³/mol. The van der Waals surface area contributed by atoms with Gasteiger partial charge in [0.15, 0.2) is 0 Å². The first-order chi connectivity index (χ1) is 15.7. The van der Waals surface area contributed by atoms with Crippen molar-refractivity contribution in [1.29, 1.82) is 0 Å². The van der Waals surface area contributed by atoms with E-state index in [-0.39, 0.29) is 37.4 Å². The highest BCUT2D eigenvalue weighted by Gasteiger charge is 2.17. The molecular formula is C26H53N3O3. The Labute approximate surface area is 198 Å². The summed E-state index contributed by atoms with van der Waals surface area (Å²) < 4.78 is 0. The van der Waals surface area contributed by atoms with Crippen LogP contribution >= 0.6 is 0 Å². The molecule has 1 atom stereocenters. The molecule has 0 aromatic rings. The third-order valence-electron chi connectivity index (χ3n) is 6.09. The number of carbonyl (C=O) groups excluding carboxylic acids is 2. The van der Waals surface area contributed by atoms with Crippen LogP contribution in [-0.2, 0) is 9.59 Å². The fraction of sp³-hybridized carbons (Fsp3) is 0.923. The average Bonchev–Trinajstić information content (AvgIpc) is 2.80. The summed E-state index contributed by atoms with van der Waals surface area (Å²) in [5.41, 5.74) is 0. The fourth-order valence-electron chi connectivity index (χ4n) is 3.97. The summed E-state index contributed by atoms with van der Waals surface area (Å²) in [5, 5.41) is 17.3. The van der Waals surface area contributed by atoms with Gasteiger partial charge in [0.25, 0.3) is 0 Å². The molecule has 0 aromatic heterocycles. The van der Waals surface area contributed by atoms with E-state index in [0.717, 1.165) is 12.8 Å². The zero-order chi connectivity index (χ0) is 23.7. The lowest BCUT2D eigenvalue weighted by Gasteiger charge is -2.16. The molecule has 32 heavy (non-hydrogen) atoms. The number of nitrogens with one attached hydrogen (secondary N) is 3. The fourth-order valence-corrected chi connectivity index (χ4v) is 3.97. The van der Waals surface area contributed by atoms with Crippen LogP contribution in [-0.4, -0.2) is 49.7 Å². The standard InChI is InChI=1S/C26H53N3O3/c1-3-4-5-6-7-8-9-10-11-12-13-14-15-16-17-18-21-29-26(32)24(27-2)19-20-25(31)28-22-23-30/h24,27,30H,3-23H2,1-2H3,(H,28,31)(H,29,32). The van der Waals surface area contributed by atoms with Crippen LogP contribution in [0.3, 0.4) is 0 Å². The third kappa shape index (κ3) is 20.7. The first kappa shape index (κ1) is 30.9. The molecule has 0 aliphatic heterocycles. The second kappa shape index (κ2) is 24.5. The van der Waals surface area contributed by atoms with Gasteiger partial charge in [-0.25, -0.2) is 0 Å². The highest BCUT2D eigenvalue weighted by atomic mass is 16.3. The Morgan fingerprint density at radius 1 is 0.688 bits per heavy atom. The van der Waals surface area contributed by atoms with Gasteiger partial charge in [0.1, 0.15) is 0 Å². The molecule has 4 N–H and O–H groups in total. The molecule has 0 aromatic carbocycles. The van der Waals surface area contributed by atoms with Crippen LogP contribution in [0, 0.1) is 0 Å². The quantitative estimate of drug-likeness (QED) is 0.157. The minimum atomic E-state index is -0.351. The van der Waals surface area contributed by atoms with Gasteiger partial charge < -0.3 is 21.1 Å². The Bertz CT molecular complexity index is 433. The molecule has 0 saturated heterocycles. The lowest BCUT2D eigenvalue weighted by atomic mass is 10.0. The molecule has 6 heteroatoms. The maximum absolute atomic E-state index is 12.2. The van der Waals surface area contributed by atoms with E-state index in [0.29, 0.717) is 13.0 Å². The lowest BCUT2D eigenvalue weighted by molar-refractivity contribution is -0.124. The highest BCUT2D eigenvalue weighted by Crippen LogP contribution is 2.13. The number of hydrogen-bond donors (Lipinski definition) is 4. The molecule has 6 nitrogen and oxygen atoms in total. The zero-order valence-corrected chi connectivity index (χ0v) is 21.2. The molecule has 0 fully saturated rings. The maximum atomic E-state index is 12.2. The second-order valence-corrected chi connectivity index (χ2v) is 9.05. The Morgan fingerprint density at radius 2 is 1.16 bits per heavy atom. The molecule has 0 heterocycles. The number of unbranched alkanes of at least 4 members (excludes halogenated alkanes) is 15. The molecular weight excluding hydrogens is 402 g/mol. The molecule has 2 amide bonds. The summed E-state index contributed by atoms with van der Waals surface area (Å²) in [5.74, 6) is -0.173. The lowest BCUT2D eigenvalue weighted by Crippen LogP contribution is -2.43. The van der Waals surface area contributed by atoms with Crippen molar-refractivity contribution in [2.24, 2.45) is 0 Å². The van der Waals surface area contributed by atoms with Gasteiger partial charge in [0, 0.05) is 19.5 Å². The van der Waals surface area contributed by atoms with Crippen molar-refractivity contribution in [3.63, 3.8) is 0 Å². The van der Waals surface area contributed by atoms with E-state index in [1.165, 1.54) is 89.9 Å².